The van der Waals surface area contributed by atoms with E-state index in [9.17, 15) is 13.2 Å². The van der Waals surface area contributed by atoms with Gasteiger partial charge >= 0.3 is 0 Å². The van der Waals surface area contributed by atoms with Gasteiger partial charge in [0.15, 0.2) is 0 Å². The van der Waals surface area contributed by atoms with Crippen LogP contribution in [0.2, 0.25) is 5.02 Å². The molecule has 0 saturated heterocycles. The van der Waals surface area contributed by atoms with Gasteiger partial charge in [-0.25, -0.2) is 8.42 Å². The topological polar surface area (TPSA) is 88.2 Å². The number of nitrogens with one attached hydrogen (secondary N) is 2. The van der Waals surface area contributed by atoms with Crippen molar-refractivity contribution in [3.8, 4) is 0 Å². The number of benzene rings is 2. The molecule has 0 aliphatic rings. The second kappa shape index (κ2) is 8.23. The third-order valence-electron chi connectivity index (χ3n) is 4.25. The lowest BCUT2D eigenvalue weighted by atomic mass is 10.2. The third-order valence-corrected chi connectivity index (χ3v) is 6.10. The number of carbonyl (C=O) groups excluding carboxylic acids is 1. The smallest absolute Gasteiger partial charge is 0.262 e. The Morgan fingerprint density at radius 2 is 1.66 bits per heavy atom. The van der Waals surface area contributed by atoms with E-state index in [2.05, 4.69) is 15.0 Å². The zero-order chi connectivity index (χ0) is 21.2. The molecule has 1 heterocycles. The van der Waals surface area contributed by atoms with Gasteiger partial charge in [0.2, 0.25) is 0 Å². The van der Waals surface area contributed by atoms with Crippen LogP contribution < -0.4 is 10.0 Å². The standard InChI is InChI=1S/C21H20ClN3O3S/c1-13-5-7-20(15(3)8-13)29(27,28)25-17-10-16(11-23-12-17)21(26)24-19-6-4-14(2)9-18(19)22/h4-12,25H,1-3H3,(H,24,26). The SMILES string of the molecule is Cc1ccc(S(=O)(=O)Nc2cncc(C(=O)Nc3ccc(C)cc3Cl)c2)c(C)c1. The summed E-state index contributed by atoms with van der Waals surface area (Å²) in [6, 6.07) is 11.8. The Labute approximate surface area is 175 Å². The van der Waals surface area contributed by atoms with Gasteiger partial charge in [-0.1, -0.05) is 35.4 Å². The van der Waals surface area contributed by atoms with E-state index in [-0.39, 0.29) is 16.1 Å². The van der Waals surface area contributed by atoms with Gasteiger partial charge in [-0.05, 0) is 56.2 Å². The van der Waals surface area contributed by atoms with Crippen molar-refractivity contribution in [1.82, 2.24) is 4.98 Å². The zero-order valence-corrected chi connectivity index (χ0v) is 17.7. The van der Waals surface area contributed by atoms with Gasteiger partial charge in [-0.3, -0.25) is 14.5 Å². The number of sulfonamides is 1. The number of nitrogens with zero attached hydrogens (tertiary/aromatic N) is 1. The van der Waals surface area contributed by atoms with Crippen molar-refractivity contribution in [3.63, 3.8) is 0 Å². The summed E-state index contributed by atoms with van der Waals surface area (Å²) in [7, 11) is -3.82. The summed E-state index contributed by atoms with van der Waals surface area (Å²) in [6.45, 7) is 5.52. The molecule has 0 unspecified atom stereocenters. The van der Waals surface area contributed by atoms with Crippen LogP contribution in [0.15, 0.2) is 59.8 Å². The monoisotopic (exact) mass is 429 g/mol. The summed E-state index contributed by atoms with van der Waals surface area (Å²) in [5.74, 6) is -0.448. The van der Waals surface area contributed by atoms with Crippen LogP contribution in [0, 0.1) is 20.8 Å². The van der Waals surface area contributed by atoms with Gasteiger partial charge < -0.3 is 5.32 Å². The molecule has 150 valence electrons. The van der Waals surface area contributed by atoms with Crippen LogP contribution in [0.5, 0.6) is 0 Å². The van der Waals surface area contributed by atoms with E-state index in [0.29, 0.717) is 16.3 Å². The van der Waals surface area contributed by atoms with Gasteiger partial charge in [0, 0.05) is 6.20 Å². The number of aromatic nitrogens is 1. The Hall–Kier alpha value is -2.90. The number of aryl methyl sites for hydroxylation is 3. The maximum Gasteiger partial charge on any atom is 0.262 e. The molecule has 0 radical (unpaired) electrons. The van der Waals surface area contributed by atoms with Gasteiger partial charge in [-0.2, -0.15) is 0 Å². The number of anilines is 2. The summed E-state index contributed by atoms with van der Waals surface area (Å²) in [5, 5.41) is 3.12. The number of rotatable bonds is 5. The minimum atomic E-state index is -3.82. The molecule has 0 bridgehead atoms. The lowest BCUT2D eigenvalue weighted by molar-refractivity contribution is 0.102. The molecule has 3 rings (SSSR count). The Bertz CT molecular complexity index is 1190. The van der Waals surface area contributed by atoms with E-state index < -0.39 is 15.9 Å². The molecular weight excluding hydrogens is 410 g/mol. The van der Waals surface area contributed by atoms with Crippen LogP contribution in [0.4, 0.5) is 11.4 Å². The molecule has 0 spiro atoms. The van der Waals surface area contributed by atoms with Crippen molar-refractivity contribution in [2.45, 2.75) is 25.7 Å². The van der Waals surface area contributed by atoms with Crippen molar-refractivity contribution in [2.75, 3.05) is 10.0 Å². The molecule has 2 aromatic carbocycles. The minimum absolute atomic E-state index is 0.171. The summed E-state index contributed by atoms with van der Waals surface area (Å²) in [5.41, 5.74) is 3.42. The molecule has 1 amide bonds. The first-order valence-corrected chi connectivity index (χ1v) is 10.6. The summed E-state index contributed by atoms with van der Waals surface area (Å²) in [6.07, 6.45) is 2.70. The molecule has 29 heavy (non-hydrogen) atoms. The lowest BCUT2D eigenvalue weighted by Gasteiger charge is -2.12. The molecule has 6 nitrogen and oxygen atoms in total. The maximum atomic E-state index is 12.7. The van der Waals surface area contributed by atoms with Crippen LogP contribution in [0.25, 0.3) is 0 Å². The molecular formula is C21H20ClN3O3S. The van der Waals surface area contributed by atoms with E-state index in [1.54, 1.807) is 37.3 Å². The fourth-order valence-electron chi connectivity index (χ4n) is 2.85. The average molecular weight is 430 g/mol. The van der Waals surface area contributed by atoms with E-state index in [1.807, 2.05) is 19.9 Å². The highest BCUT2D eigenvalue weighted by Crippen LogP contribution is 2.24. The van der Waals surface area contributed by atoms with Crippen molar-refractivity contribution >= 4 is 38.9 Å². The highest BCUT2D eigenvalue weighted by atomic mass is 35.5. The third kappa shape index (κ3) is 4.93. The molecule has 0 fully saturated rings. The zero-order valence-electron chi connectivity index (χ0n) is 16.2. The van der Waals surface area contributed by atoms with Crippen LogP contribution in [0.1, 0.15) is 27.0 Å². The quantitative estimate of drug-likeness (QED) is 0.614. The predicted molar refractivity (Wildman–Crippen MR) is 115 cm³/mol. The molecule has 8 heteroatoms. The van der Waals surface area contributed by atoms with Gasteiger partial charge in [0.05, 0.1) is 33.1 Å². The second-order valence-corrected chi connectivity index (χ2v) is 8.83. The van der Waals surface area contributed by atoms with E-state index >= 15 is 0 Å². The van der Waals surface area contributed by atoms with E-state index in [1.165, 1.54) is 18.5 Å². The molecule has 0 saturated carbocycles. The fraction of sp³-hybridized carbons (Fsp3) is 0.143. The second-order valence-electron chi connectivity index (χ2n) is 6.77. The Morgan fingerprint density at radius 3 is 2.34 bits per heavy atom. The van der Waals surface area contributed by atoms with E-state index in [4.69, 9.17) is 11.6 Å². The van der Waals surface area contributed by atoms with Crippen LogP contribution >= 0.6 is 11.6 Å². The summed E-state index contributed by atoms with van der Waals surface area (Å²) in [4.78, 5) is 16.7. The normalized spacial score (nSPS) is 11.2. The number of hydrogen-bond donors (Lipinski definition) is 2. The number of carbonyl (C=O) groups is 1. The number of amides is 1. The molecule has 0 aliphatic carbocycles. The van der Waals surface area contributed by atoms with Crippen molar-refractivity contribution in [1.29, 1.82) is 0 Å². The summed E-state index contributed by atoms with van der Waals surface area (Å²) >= 11 is 6.15. The fourth-order valence-corrected chi connectivity index (χ4v) is 4.39. The first-order chi connectivity index (χ1) is 13.7. The number of pyridine rings is 1. The first-order valence-electron chi connectivity index (χ1n) is 8.78. The maximum absolute atomic E-state index is 12.7. The number of hydrogen-bond acceptors (Lipinski definition) is 4. The van der Waals surface area contributed by atoms with Gasteiger partial charge in [-0.15, -0.1) is 0 Å². The van der Waals surface area contributed by atoms with Crippen molar-refractivity contribution in [3.05, 3.63) is 82.1 Å². The average Bonchev–Trinajstić information content (AvgIpc) is 2.63. The lowest BCUT2D eigenvalue weighted by Crippen LogP contribution is -2.16. The van der Waals surface area contributed by atoms with Crippen LogP contribution in [0.3, 0.4) is 0 Å². The van der Waals surface area contributed by atoms with Gasteiger partial charge in [0.1, 0.15) is 0 Å². The first kappa shape index (κ1) is 20.8. The Balaban J connectivity index is 1.82. The summed E-state index contributed by atoms with van der Waals surface area (Å²) < 4.78 is 27.9. The highest BCUT2D eigenvalue weighted by Gasteiger charge is 2.18. The number of halogens is 1. The Kier molecular flexibility index (Phi) is 5.91. The molecule has 2 N–H and O–H groups in total. The molecule has 0 atom stereocenters. The van der Waals surface area contributed by atoms with Gasteiger partial charge in [0.25, 0.3) is 15.9 Å². The minimum Gasteiger partial charge on any atom is -0.321 e. The predicted octanol–water partition coefficient (Wildman–Crippen LogP) is 4.71. The molecule has 0 aliphatic heterocycles. The largest absolute Gasteiger partial charge is 0.321 e. The molecule has 3 aromatic rings. The van der Waals surface area contributed by atoms with Crippen LogP contribution in [-0.2, 0) is 10.0 Å². The van der Waals surface area contributed by atoms with Crippen molar-refractivity contribution in [2.24, 2.45) is 0 Å². The highest BCUT2D eigenvalue weighted by molar-refractivity contribution is 7.92. The van der Waals surface area contributed by atoms with Crippen molar-refractivity contribution < 1.29 is 13.2 Å². The Morgan fingerprint density at radius 1 is 0.966 bits per heavy atom. The molecule has 1 aromatic heterocycles. The van der Waals surface area contributed by atoms with E-state index in [0.717, 1.165) is 11.1 Å². The van der Waals surface area contributed by atoms with Crippen LogP contribution in [-0.4, -0.2) is 19.3 Å².